The average Bonchev–Trinajstić information content (AvgIpc) is 2.84. The summed E-state index contributed by atoms with van der Waals surface area (Å²) in [6.07, 6.45) is 2.72. The molecule has 26 heavy (non-hydrogen) atoms. The van der Waals surface area contributed by atoms with E-state index < -0.39 is 0 Å². The number of nitrogens with zero attached hydrogens (tertiary/aromatic N) is 5. The molecule has 0 aliphatic rings. The van der Waals surface area contributed by atoms with Crippen molar-refractivity contribution in [3.05, 3.63) is 40.8 Å². The van der Waals surface area contributed by atoms with Crippen molar-refractivity contribution in [1.82, 2.24) is 25.4 Å². The summed E-state index contributed by atoms with van der Waals surface area (Å²) >= 11 is 0. The highest BCUT2D eigenvalue weighted by molar-refractivity contribution is 5.80. The van der Waals surface area contributed by atoms with Crippen LogP contribution in [0.4, 0.5) is 5.82 Å². The van der Waals surface area contributed by atoms with E-state index in [9.17, 15) is 0 Å². The Morgan fingerprint density at radius 2 is 2.08 bits per heavy atom. The maximum Gasteiger partial charge on any atom is 0.191 e. The second-order valence-electron chi connectivity index (χ2n) is 6.83. The maximum absolute atomic E-state index is 4.50. The third kappa shape index (κ3) is 4.74. The highest BCUT2D eigenvalue weighted by atomic mass is 15.3. The van der Waals surface area contributed by atoms with Crippen LogP contribution in [0.1, 0.15) is 29.4 Å². The number of nitrogens with one attached hydrogen (secondary N) is 2. The highest BCUT2D eigenvalue weighted by Gasteiger charge is 2.14. The number of hydrogen-bond acceptors (Lipinski definition) is 4. The third-order valence-corrected chi connectivity index (χ3v) is 4.51. The Balaban J connectivity index is 1.97. The predicted octanol–water partition coefficient (Wildman–Crippen LogP) is 1.79. The van der Waals surface area contributed by atoms with Gasteiger partial charge >= 0.3 is 0 Å². The second-order valence-corrected chi connectivity index (χ2v) is 6.83. The number of aryl methyl sites for hydroxylation is 2. The van der Waals surface area contributed by atoms with Crippen molar-refractivity contribution in [2.45, 2.75) is 39.8 Å². The van der Waals surface area contributed by atoms with E-state index in [-0.39, 0.29) is 6.04 Å². The van der Waals surface area contributed by atoms with Gasteiger partial charge in [-0.05, 0) is 38.8 Å². The van der Waals surface area contributed by atoms with Crippen molar-refractivity contribution in [3.63, 3.8) is 0 Å². The summed E-state index contributed by atoms with van der Waals surface area (Å²) in [6.45, 7) is 7.00. The third-order valence-electron chi connectivity index (χ3n) is 4.51. The summed E-state index contributed by atoms with van der Waals surface area (Å²) in [5.74, 6) is 1.75. The average molecular weight is 358 g/mol. The molecule has 0 fully saturated rings. The van der Waals surface area contributed by atoms with E-state index in [1.807, 2.05) is 43.0 Å². The summed E-state index contributed by atoms with van der Waals surface area (Å²) in [5, 5.41) is 11.3. The Bertz CT molecular complexity index is 761. The lowest BCUT2D eigenvalue weighted by Gasteiger charge is -2.20. The molecule has 2 N–H and O–H groups in total. The minimum absolute atomic E-state index is 0.241. The molecule has 0 aliphatic carbocycles. The summed E-state index contributed by atoms with van der Waals surface area (Å²) in [4.78, 5) is 10.8. The number of anilines is 1. The van der Waals surface area contributed by atoms with Crippen LogP contribution in [-0.2, 0) is 20.0 Å². The van der Waals surface area contributed by atoms with Crippen LogP contribution in [0.25, 0.3) is 0 Å². The fraction of sp³-hybridized carbons (Fsp3) is 0.526. The fourth-order valence-corrected chi connectivity index (χ4v) is 3.05. The summed E-state index contributed by atoms with van der Waals surface area (Å²) in [6, 6.07) is 4.27. The van der Waals surface area contributed by atoms with Crippen molar-refractivity contribution >= 4 is 11.8 Å². The lowest BCUT2D eigenvalue weighted by molar-refractivity contribution is 0.635. The number of guanidine groups is 1. The molecule has 0 saturated heterocycles. The van der Waals surface area contributed by atoms with Crippen LogP contribution in [0.2, 0.25) is 0 Å². The van der Waals surface area contributed by atoms with Gasteiger partial charge in [-0.2, -0.15) is 5.10 Å². The zero-order chi connectivity index (χ0) is 19.3. The second kappa shape index (κ2) is 8.69. The van der Waals surface area contributed by atoms with Crippen LogP contribution in [0.3, 0.4) is 0 Å². The molecule has 1 unspecified atom stereocenters. The van der Waals surface area contributed by atoms with Gasteiger partial charge in [-0.25, -0.2) is 4.98 Å². The van der Waals surface area contributed by atoms with E-state index in [2.05, 4.69) is 52.5 Å². The molecule has 7 heteroatoms. The molecular formula is C19H31N7. The predicted molar refractivity (Wildman–Crippen MR) is 108 cm³/mol. The van der Waals surface area contributed by atoms with Crippen LogP contribution < -0.4 is 15.5 Å². The van der Waals surface area contributed by atoms with Gasteiger partial charge < -0.3 is 15.5 Å². The quantitative estimate of drug-likeness (QED) is 0.609. The van der Waals surface area contributed by atoms with E-state index in [4.69, 9.17) is 0 Å². The number of aliphatic imine (C=N–C) groups is 1. The molecule has 0 radical (unpaired) electrons. The van der Waals surface area contributed by atoms with Crippen molar-refractivity contribution in [3.8, 4) is 0 Å². The lowest BCUT2D eigenvalue weighted by Crippen LogP contribution is -2.43. The van der Waals surface area contributed by atoms with Gasteiger partial charge in [-0.3, -0.25) is 9.67 Å². The first-order chi connectivity index (χ1) is 12.3. The maximum atomic E-state index is 4.50. The van der Waals surface area contributed by atoms with Crippen molar-refractivity contribution < 1.29 is 0 Å². The zero-order valence-corrected chi connectivity index (χ0v) is 17.0. The number of pyridine rings is 1. The number of aromatic nitrogens is 3. The van der Waals surface area contributed by atoms with Crippen LogP contribution >= 0.6 is 0 Å². The van der Waals surface area contributed by atoms with Gasteiger partial charge in [0.05, 0.1) is 5.69 Å². The molecule has 2 rings (SSSR count). The Hall–Kier alpha value is -2.57. The van der Waals surface area contributed by atoms with E-state index in [0.29, 0.717) is 6.54 Å². The largest absolute Gasteiger partial charge is 0.362 e. The van der Waals surface area contributed by atoms with Crippen LogP contribution in [-0.4, -0.2) is 47.9 Å². The molecule has 1 atom stereocenters. The van der Waals surface area contributed by atoms with Crippen molar-refractivity contribution in [2.24, 2.45) is 12.0 Å². The van der Waals surface area contributed by atoms with E-state index in [1.165, 1.54) is 11.3 Å². The Kier molecular flexibility index (Phi) is 6.60. The molecule has 2 heterocycles. The Morgan fingerprint density at radius 1 is 1.35 bits per heavy atom. The number of rotatable bonds is 6. The SMILES string of the molecule is CN=C(NCc1cccnc1N(C)C)NC(C)Cc1c(C)nn(C)c1C. The molecule has 7 nitrogen and oxygen atoms in total. The topological polar surface area (TPSA) is 70.4 Å². The molecular weight excluding hydrogens is 326 g/mol. The molecule has 2 aromatic rings. The molecule has 2 aromatic heterocycles. The van der Waals surface area contributed by atoms with Crippen LogP contribution in [0.5, 0.6) is 0 Å². The molecule has 0 saturated carbocycles. The van der Waals surface area contributed by atoms with Gasteiger partial charge in [-0.15, -0.1) is 0 Å². The lowest BCUT2D eigenvalue weighted by atomic mass is 10.1. The Labute approximate surface area is 156 Å². The monoisotopic (exact) mass is 357 g/mol. The normalized spacial score (nSPS) is 12.8. The zero-order valence-electron chi connectivity index (χ0n) is 17.0. The number of hydrogen-bond donors (Lipinski definition) is 2. The van der Waals surface area contributed by atoms with Gasteiger partial charge in [0, 0.05) is 58.2 Å². The summed E-state index contributed by atoms with van der Waals surface area (Å²) < 4.78 is 1.94. The van der Waals surface area contributed by atoms with E-state index in [1.54, 1.807) is 7.05 Å². The molecule has 0 amide bonds. The van der Waals surface area contributed by atoms with Crippen LogP contribution in [0, 0.1) is 13.8 Å². The first-order valence-electron chi connectivity index (χ1n) is 8.91. The molecule has 0 bridgehead atoms. The highest BCUT2D eigenvalue weighted by Crippen LogP contribution is 2.15. The molecule has 0 aromatic carbocycles. The van der Waals surface area contributed by atoms with Gasteiger partial charge in [0.15, 0.2) is 5.96 Å². The summed E-state index contributed by atoms with van der Waals surface area (Å²) in [5.41, 5.74) is 4.73. The van der Waals surface area contributed by atoms with Gasteiger partial charge in [-0.1, -0.05) is 6.07 Å². The van der Waals surface area contributed by atoms with Crippen molar-refractivity contribution in [1.29, 1.82) is 0 Å². The van der Waals surface area contributed by atoms with Gasteiger partial charge in [0.25, 0.3) is 0 Å². The van der Waals surface area contributed by atoms with E-state index in [0.717, 1.165) is 29.5 Å². The Morgan fingerprint density at radius 3 is 2.65 bits per heavy atom. The smallest absolute Gasteiger partial charge is 0.191 e. The molecule has 0 aliphatic heterocycles. The fourth-order valence-electron chi connectivity index (χ4n) is 3.05. The van der Waals surface area contributed by atoms with E-state index >= 15 is 0 Å². The van der Waals surface area contributed by atoms with Crippen molar-refractivity contribution in [2.75, 3.05) is 26.0 Å². The first-order valence-corrected chi connectivity index (χ1v) is 8.91. The molecule has 142 valence electrons. The summed E-state index contributed by atoms with van der Waals surface area (Å²) in [7, 11) is 7.78. The minimum Gasteiger partial charge on any atom is -0.362 e. The standard InChI is InChI=1S/C19H31N7/c1-13(11-17-14(2)24-26(7)15(17)3)23-19(20-4)22-12-16-9-8-10-21-18(16)25(5)6/h8-10,13H,11-12H2,1-7H3,(H2,20,22,23). The van der Waals surface area contributed by atoms with Crippen LogP contribution in [0.15, 0.2) is 23.3 Å². The molecule has 0 spiro atoms. The van der Waals surface area contributed by atoms with Gasteiger partial charge in [0.1, 0.15) is 5.82 Å². The minimum atomic E-state index is 0.241. The van der Waals surface area contributed by atoms with Gasteiger partial charge in [0.2, 0.25) is 0 Å². The first kappa shape index (κ1) is 19.8.